The number of nitro groups is 1. The maximum absolute atomic E-state index is 12.0. The maximum Gasteiger partial charge on any atom is 0.329 e. The number of nitrogens with two attached hydrogens (primary N) is 1. The molecule has 0 aliphatic carbocycles. The van der Waals surface area contributed by atoms with E-state index in [0.717, 1.165) is 6.07 Å². The van der Waals surface area contributed by atoms with Crippen LogP contribution in [0.15, 0.2) is 18.2 Å². The first-order valence-electron chi connectivity index (χ1n) is 6.38. The molecule has 0 fully saturated rings. The van der Waals surface area contributed by atoms with Crippen molar-refractivity contribution in [2.75, 3.05) is 0 Å². The second-order valence-electron chi connectivity index (χ2n) is 4.60. The van der Waals surface area contributed by atoms with Crippen molar-refractivity contribution in [3.8, 4) is 0 Å². The molecule has 3 N–H and O–H groups in total. The number of esters is 1. The van der Waals surface area contributed by atoms with Crippen LogP contribution in [0.5, 0.6) is 0 Å². The molecule has 124 valence electrons. The largest absolute Gasteiger partial charge is 0.451 e. The Hall–Kier alpha value is -2.68. The molecule has 2 atom stereocenters. The number of amides is 2. The molecule has 0 spiro atoms. The van der Waals surface area contributed by atoms with Gasteiger partial charge in [0, 0.05) is 11.6 Å². The average molecular weight is 344 g/mol. The van der Waals surface area contributed by atoms with Gasteiger partial charge in [0.15, 0.2) is 6.10 Å². The third-order valence-electron chi connectivity index (χ3n) is 2.80. The molecule has 1 rings (SSSR count). The summed E-state index contributed by atoms with van der Waals surface area (Å²) in [4.78, 5) is 44.5. The number of carbonyl (C=O) groups is 3. The lowest BCUT2D eigenvalue weighted by Crippen LogP contribution is -2.42. The summed E-state index contributed by atoms with van der Waals surface area (Å²) in [5, 5.41) is 13.0. The van der Waals surface area contributed by atoms with Crippen LogP contribution in [0, 0.1) is 10.1 Å². The van der Waals surface area contributed by atoms with Crippen LogP contribution in [0.1, 0.15) is 24.2 Å². The van der Waals surface area contributed by atoms with E-state index >= 15 is 0 Å². The first-order chi connectivity index (χ1) is 10.6. The highest BCUT2D eigenvalue weighted by molar-refractivity contribution is 6.32. The molecule has 1 aromatic carbocycles. The van der Waals surface area contributed by atoms with Crippen LogP contribution in [0.3, 0.4) is 0 Å². The molecule has 0 radical (unpaired) electrons. The maximum atomic E-state index is 12.0. The lowest BCUT2D eigenvalue weighted by molar-refractivity contribution is -0.384. The Kier molecular flexibility index (Phi) is 6.02. The van der Waals surface area contributed by atoms with E-state index in [-0.39, 0.29) is 10.6 Å². The topological polar surface area (TPSA) is 142 Å². The Balaban J connectivity index is 2.79. The summed E-state index contributed by atoms with van der Waals surface area (Å²) >= 11 is 5.65. The molecular weight excluding hydrogens is 330 g/mol. The van der Waals surface area contributed by atoms with Gasteiger partial charge >= 0.3 is 5.97 Å². The Bertz CT molecular complexity index is 663. The summed E-state index contributed by atoms with van der Waals surface area (Å²) in [7, 11) is 0. The van der Waals surface area contributed by atoms with Gasteiger partial charge in [-0.1, -0.05) is 11.6 Å². The number of nitrogens with one attached hydrogen (secondary N) is 1. The van der Waals surface area contributed by atoms with Crippen molar-refractivity contribution in [2.45, 2.75) is 26.0 Å². The molecule has 10 heteroatoms. The molecule has 0 heterocycles. The van der Waals surface area contributed by atoms with Crippen molar-refractivity contribution >= 4 is 35.1 Å². The Morgan fingerprint density at radius 2 is 1.96 bits per heavy atom. The van der Waals surface area contributed by atoms with Gasteiger partial charge in [0.05, 0.1) is 4.92 Å². The number of hydrogen-bond donors (Lipinski definition) is 2. The van der Waals surface area contributed by atoms with Gasteiger partial charge in [-0.15, -0.1) is 0 Å². The van der Waals surface area contributed by atoms with Crippen LogP contribution in [-0.2, 0) is 14.3 Å². The lowest BCUT2D eigenvalue weighted by atomic mass is 10.1. The third kappa shape index (κ3) is 4.92. The van der Waals surface area contributed by atoms with E-state index in [9.17, 15) is 24.5 Å². The highest BCUT2D eigenvalue weighted by atomic mass is 35.5. The van der Waals surface area contributed by atoms with Crippen LogP contribution in [-0.4, -0.2) is 34.9 Å². The van der Waals surface area contributed by atoms with Gasteiger partial charge in [-0.2, -0.15) is 0 Å². The lowest BCUT2D eigenvalue weighted by Gasteiger charge is -2.15. The Morgan fingerprint density at radius 3 is 2.48 bits per heavy atom. The Morgan fingerprint density at radius 1 is 1.35 bits per heavy atom. The summed E-state index contributed by atoms with van der Waals surface area (Å²) in [6.45, 7) is 2.62. The first-order valence-corrected chi connectivity index (χ1v) is 6.76. The van der Waals surface area contributed by atoms with Crippen molar-refractivity contribution in [3.63, 3.8) is 0 Å². The second-order valence-corrected chi connectivity index (χ2v) is 5.01. The first kappa shape index (κ1) is 18.4. The van der Waals surface area contributed by atoms with Crippen molar-refractivity contribution < 1.29 is 24.0 Å². The quantitative estimate of drug-likeness (QED) is 0.444. The summed E-state index contributed by atoms with van der Waals surface area (Å²) in [6.07, 6.45) is -1.14. The fourth-order valence-corrected chi connectivity index (χ4v) is 1.65. The van der Waals surface area contributed by atoms with E-state index in [4.69, 9.17) is 22.1 Å². The van der Waals surface area contributed by atoms with Gasteiger partial charge in [0.1, 0.15) is 11.1 Å². The number of primary amides is 1. The highest BCUT2D eigenvalue weighted by Gasteiger charge is 2.23. The molecule has 9 nitrogen and oxygen atoms in total. The molecule has 0 aliphatic heterocycles. The van der Waals surface area contributed by atoms with Crippen molar-refractivity contribution in [1.29, 1.82) is 0 Å². The highest BCUT2D eigenvalue weighted by Crippen LogP contribution is 2.25. The molecular formula is C13H14ClN3O6. The minimum Gasteiger partial charge on any atom is -0.451 e. The number of ether oxygens (including phenoxy) is 1. The SMILES string of the molecule is C[C@H](NC(=O)c1ccc(Cl)c([N+](=O)[O-])c1)C(=O)O[C@@H](C)C(N)=O. The molecule has 0 saturated heterocycles. The zero-order valence-corrected chi connectivity index (χ0v) is 13.0. The van der Waals surface area contributed by atoms with Crippen molar-refractivity contribution in [1.82, 2.24) is 5.32 Å². The molecule has 0 unspecified atom stereocenters. The van der Waals surface area contributed by atoms with Crippen LogP contribution in [0.4, 0.5) is 5.69 Å². The number of hydrogen-bond acceptors (Lipinski definition) is 6. The van der Waals surface area contributed by atoms with Crippen LogP contribution in [0.2, 0.25) is 5.02 Å². The number of nitro benzene ring substituents is 1. The Labute approximate surface area is 135 Å². The normalized spacial score (nSPS) is 12.8. The monoisotopic (exact) mass is 343 g/mol. The molecule has 0 aromatic heterocycles. The fourth-order valence-electron chi connectivity index (χ4n) is 1.47. The number of benzene rings is 1. The van der Waals surface area contributed by atoms with Gasteiger partial charge in [-0.25, -0.2) is 4.79 Å². The number of halogens is 1. The summed E-state index contributed by atoms with van der Waals surface area (Å²) < 4.78 is 4.73. The second kappa shape index (κ2) is 7.54. The summed E-state index contributed by atoms with van der Waals surface area (Å²) in [5.74, 6) is -2.43. The van der Waals surface area contributed by atoms with E-state index in [1.54, 1.807) is 0 Å². The number of carbonyl (C=O) groups excluding carboxylic acids is 3. The number of nitrogens with zero attached hydrogens (tertiary/aromatic N) is 1. The third-order valence-corrected chi connectivity index (χ3v) is 3.12. The predicted octanol–water partition coefficient (Wildman–Crippen LogP) is 0.783. The fraction of sp³-hybridized carbons (Fsp3) is 0.308. The van der Waals surface area contributed by atoms with Crippen LogP contribution >= 0.6 is 11.6 Å². The van der Waals surface area contributed by atoms with E-state index in [2.05, 4.69) is 5.32 Å². The molecule has 0 aliphatic rings. The molecule has 1 aromatic rings. The van der Waals surface area contributed by atoms with Gasteiger partial charge in [0.2, 0.25) is 0 Å². The van der Waals surface area contributed by atoms with Crippen LogP contribution in [0.25, 0.3) is 0 Å². The van der Waals surface area contributed by atoms with E-state index in [0.29, 0.717) is 0 Å². The minimum atomic E-state index is -1.14. The van der Waals surface area contributed by atoms with Crippen molar-refractivity contribution in [3.05, 3.63) is 38.9 Å². The standard InChI is InChI=1S/C13H14ClN3O6/c1-6(13(20)23-7(2)11(15)18)16-12(19)8-3-4-9(14)10(5-8)17(21)22/h3-7H,1-2H3,(H2,15,18)(H,16,19)/t6-,7-/m0/s1. The summed E-state index contributed by atoms with van der Waals surface area (Å²) in [6, 6.07) is 2.38. The molecule has 2 amide bonds. The van der Waals surface area contributed by atoms with Gasteiger partial charge in [-0.05, 0) is 26.0 Å². The van der Waals surface area contributed by atoms with E-state index < -0.39 is 40.5 Å². The van der Waals surface area contributed by atoms with E-state index in [1.807, 2.05) is 0 Å². The zero-order chi connectivity index (χ0) is 17.7. The molecule has 0 saturated carbocycles. The van der Waals surface area contributed by atoms with Gasteiger partial charge in [0.25, 0.3) is 17.5 Å². The number of rotatable bonds is 6. The minimum absolute atomic E-state index is 0.0521. The van der Waals surface area contributed by atoms with E-state index in [1.165, 1.54) is 26.0 Å². The van der Waals surface area contributed by atoms with Crippen molar-refractivity contribution in [2.24, 2.45) is 5.73 Å². The molecule has 0 bridgehead atoms. The molecule has 23 heavy (non-hydrogen) atoms. The van der Waals surface area contributed by atoms with Gasteiger partial charge < -0.3 is 15.8 Å². The average Bonchev–Trinajstić information content (AvgIpc) is 2.46. The summed E-state index contributed by atoms with van der Waals surface area (Å²) in [5.41, 5.74) is 4.47. The zero-order valence-electron chi connectivity index (χ0n) is 12.2. The predicted molar refractivity (Wildman–Crippen MR) is 79.8 cm³/mol. The smallest absolute Gasteiger partial charge is 0.329 e. The van der Waals surface area contributed by atoms with Crippen LogP contribution < -0.4 is 11.1 Å². The van der Waals surface area contributed by atoms with Gasteiger partial charge in [-0.3, -0.25) is 19.7 Å².